The van der Waals surface area contributed by atoms with Crippen molar-refractivity contribution in [2.24, 2.45) is 0 Å². The summed E-state index contributed by atoms with van der Waals surface area (Å²) in [5, 5.41) is 11.2. The van der Waals surface area contributed by atoms with Crippen LogP contribution in [0.15, 0.2) is 24.4 Å². The van der Waals surface area contributed by atoms with E-state index in [4.69, 9.17) is 4.74 Å². The van der Waals surface area contributed by atoms with Gasteiger partial charge in [-0.25, -0.2) is 4.68 Å². The van der Waals surface area contributed by atoms with Crippen LogP contribution < -0.4 is 10.1 Å². The molecule has 0 bridgehead atoms. The Morgan fingerprint density at radius 1 is 1.33 bits per heavy atom. The van der Waals surface area contributed by atoms with Gasteiger partial charge in [0.15, 0.2) is 0 Å². The van der Waals surface area contributed by atoms with E-state index in [-0.39, 0.29) is 0 Å². The third-order valence-electron chi connectivity index (χ3n) is 3.31. The highest BCUT2D eigenvalue weighted by atomic mass is 16.5. The number of aryl methyl sites for hydroxylation is 1. The Morgan fingerprint density at radius 3 is 2.86 bits per heavy atom. The molecule has 0 aliphatic carbocycles. The average molecular weight is 288 g/mol. The van der Waals surface area contributed by atoms with Crippen LogP contribution in [-0.2, 0) is 13.1 Å². The Kier molecular flexibility index (Phi) is 5.33. The quantitative estimate of drug-likeness (QED) is 0.850. The molecule has 0 saturated carbocycles. The molecule has 0 atom stereocenters. The average Bonchev–Trinajstić information content (AvgIpc) is 2.86. The minimum atomic E-state index is 0.453. The Balaban J connectivity index is 1.94. The van der Waals surface area contributed by atoms with Crippen LogP contribution in [0.5, 0.6) is 5.75 Å². The normalized spacial score (nSPS) is 11.1. The Bertz CT molecular complexity index is 577. The molecule has 1 aromatic heterocycles. The molecule has 0 spiro atoms. The zero-order valence-corrected chi connectivity index (χ0v) is 13.3. The predicted molar refractivity (Wildman–Crippen MR) is 83.5 cm³/mol. The molecular formula is C16H24N4O. The smallest absolute Gasteiger partial charge is 0.123 e. The molecule has 1 heterocycles. The molecular weight excluding hydrogens is 264 g/mol. The summed E-state index contributed by atoms with van der Waals surface area (Å²) < 4.78 is 7.77. The van der Waals surface area contributed by atoms with Crippen molar-refractivity contribution in [3.05, 3.63) is 41.2 Å². The van der Waals surface area contributed by atoms with Crippen LogP contribution in [0.3, 0.4) is 0 Å². The third-order valence-corrected chi connectivity index (χ3v) is 3.31. The second-order valence-corrected chi connectivity index (χ2v) is 5.55. The lowest BCUT2D eigenvalue weighted by atomic mass is 10.0. The Morgan fingerprint density at radius 2 is 2.14 bits per heavy atom. The fraction of sp³-hybridized carbons (Fsp3) is 0.500. The third kappa shape index (κ3) is 4.29. The zero-order valence-electron chi connectivity index (χ0n) is 13.3. The van der Waals surface area contributed by atoms with Crippen molar-refractivity contribution in [1.82, 2.24) is 20.3 Å². The molecule has 0 amide bonds. The summed E-state index contributed by atoms with van der Waals surface area (Å²) in [4.78, 5) is 0. The van der Waals surface area contributed by atoms with Crippen molar-refractivity contribution in [2.45, 2.75) is 39.8 Å². The number of ether oxygens (including phenoxy) is 1. The van der Waals surface area contributed by atoms with Gasteiger partial charge in [-0.2, -0.15) is 0 Å². The summed E-state index contributed by atoms with van der Waals surface area (Å²) in [5.41, 5.74) is 3.40. The lowest BCUT2D eigenvalue weighted by molar-refractivity contribution is 0.286. The monoisotopic (exact) mass is 288 g/mol. The highest BCUT2D eigenvalue weighted by molar-refractivity contribution is 5.39. The lowest BCUT2D eigenvalue weighted by Gasteiger charge is -2.14. The predicted octanol–water partition coefficient (Wildman–Crippen LogP) is 2.51. The molecule has 0 saturated heterocycles. The summed E-state index contributed by atoms with van der Waals surface area (Å²) in [7, 11) is 1.90. The number of hydrogen-bond acceptors (Lipinski definition) is 4. The Labute approximate surface area is 126 Å². The summed E-state index contributed by atoms with van der Waals surface area (Å²) in [6.45, 7) is 8.46. The van der Waals surface area contributed by atoms with Crippen molar-refractivity contribution >= 4 is 0 Å². The van der Waals surface area contributed by atoms with Crippen LogP contribution in [0.25, 0.3) is 0 Å². The first-order valence-corrected chi connectivity index (χ1v) is 7.37. The molecule has 21 heavy (non-hydrogen) atoms. The van der Waals surface area contributed by atoms with E-state index in [1.54, 1.807) is 0 Å². The number of aromatic nitrogens is 3. The van der Waals surface area contributed by atoms with Gasteiger partial charge in [-0.1, -0.05) is 31.2 Å². The molecule has 1 N–H and O–H groups in total. The fourth-order valence-corrected chi connectivity index (χ4v) is 2.20. The van der Waals surface area contributed by atoms with E-state index >= 15 is 0 Å². The molecule has 1 aromatic carbocycles. The van der Waals surface area contributed by atoms with Crippen molar-refractivity contribution < 1.29 is 4.74 Å². The van der Waals surface area contributed by atoms with Crippen LogP contribution in [0, 0.1) is 6.92 Å². The van der Waals surface area contributed by atoms with Crippen molar-refractivity contribution in [2.75, 3.05) is 13.7 Å². The summed E-state index contributed by atoms with van der Waals surface area (Å²) >= 11 is 0. The highest BCUT2D eigenvalue weighted by Crippen LogP contribution is 2.27. The SMILES string of the molecule is CNCc1cn(CCOc2cc(C)ccc2C(C)C)nn1. The van der Waals surface area contributed by atoms with E-state index in [0.717, 1.165) is 18.0 Å². The molecule has 0 aliphatic rings. The molecule has 0 aliphatic heterocycles. The van der Waals surface area contributed by atoms with Crippen LogP contribution in [0.4, 0.5) is 0 Å². The van der Waals surface area contributed by atoms with E-state index in [1.807, 2.05) is 17.9 Å². The highest BCUT2D eigenvalue weighted by Gasteiger charge is 2.08. The van der Waals surface area contributed by atoms with E-state index < -0.39 is 0 Å². The van der Waals surface area contributed by atoms with Crippen LogP contribution in [0.2, 0.25) is 0 Å². The molecule has 2 aromatic rings. The molecule has 114 valence electrons. The number of rotatable bonds is 7. The van der Waals surface area contributed by atoms with Crippen LogP contribution >= 0.6 is 0 Å². The number of hydrogen-bond donors (Lipinski definition) is 1. The maximum Gasteiger partial charge on any atom is 0.123 e. The molecule has 5 heteroatoms. The van der Waals surface area contributed by atoms with Crippen LogP contribution in [0.1, 0.15) is 36.6 Å². The van der Waals surface area contributed by atoms with Crippen molar-refractivity contribution in [3.8, 4) is 5.75 Å². The maximum atomic E-state index is 5.95. The molecule has 0 fully saturated rings. The van der Waals surface area contributed by atoms with Gasteiger partial charge < -0.3 is 10.1 Å². The van der Waals surface area contributed by atoms with Gasteiger partial charge >= 0.3 is 0 Å². The first-order chi connectivity index (χ1) is 10.1. The first kappa shape index (κ1) is 15.5. The van der Waals surface area contributed by atoms with Crippen molar-refractivity contribution in [3.63, 3.8) is 0 Å². The van der Waals surface area contributed by atoms with Gasteiger partial charge in [-0.3, -0.25) is 0 Å². The molecule has 0 radical (unpaired) electrons. The van der Waals surface area contributed by atoms with E-state index in [2.05, 4.69) is 54.6 Å². The van der Waals surface area contributed by atoms with Crippen molar-refractivity contribution in [1.29, 1.82) is 0 Å². The van der Waals surface area contributed by atoms with Gasteiger partial charge in [0, 0.05) is 12.7 Å². The van der Waals surface area contributed by atoms with Gasteiger partial charge in [-0.15, -0.1) is 5.10 Å². The van der Waals surface area contributed by atoms with Gasteiger partial charge in [-0.05, 0) is 37.1 Å². The Hall–Kier alpha value is -1.88. The second kappa shape index (κ2) is 7.22. The summed E-state index contributed by atoms with van der Waals surface area (Å²) in [6, 6.07) is 6.38. The van der Waals surface area contributed by atoms with Gasteiger partial charge in [0.1, 0.15) is 12.4 Å². The van der Waals surface area contributed by atoms with E-state index in [9.17, 15) is 0 Å². The largest absolute Gasteiger partial charge is 0.491 e. The number of nitrogens with one attached hydrogen (secondary N) is 1. The number of nitrogens with zero attached hydrogens (tertiary/aromatic N) is 3. The van der Waals surface area contributed by atoms with Gasteiger partial charge in [0.25, 0.3) is 0 Å². The summed E-state index contributed by atoms with van der Waals surface area (Å²) in [5.74, 6) is 1.43. The number of benzene rings is 1. The standard InChI is InChI=1S/C16H24N4O/c1-12(2)15-6-5-13(3)9-16(15)21-8-7-20-11-14(10-17-4)18-19-20/h5-6,9,11-12,17H,7-8,10H2,1-4H3. The minimum absolute atomic E-state index is 0.453. The topological polar surface area (TPSA) is 52.0 Å². The van der Waals surface area contributed by atoms with E-state index in [0.29, 0.717) is 19.1 Å². The zero-order chi connectivity index (χ0) is 15.2. The van der Waals surface area contributed by atoms with Gasteiger partial charge in [0.05, 0.1) is 12.2 Å². The minimum Gasteiger partial charge on any atom is -0.491 e. The lowest BCUT2D eigenvalue weighted by Crippen LogP contribution is -2.10. The molecule has 2 rings (SSSR count). The second-order valence-electron chi connectivity index (χ2n) is 5.55. The maximum absolute atomic E-state index is 5.95. The van der Waals surface area contributed by atoms with Gasteiger partial charge in [0.2, 0.25) is 0 Å². The van der Waals surface area contributed by atoms with E-state index in [1.165, 1.54) is 11.1 Å². The fourth-order valence-electron chi connectivity index (χ4n) is 2.20. The first-order valence-electron chi connectivity index (χ1n) is 7.37. The van der Waals surface area contributed by atoms with Crippen LogP contribution in [-0.4, -0.2) is 28.6 Å². The molecule has 5 nitrogen and oxygen atoms in total. The molecule has 0 unspecified atom stereocenters. The summed E-state index contributed by atoms with van der Waals surface area (Å²) in [6.07, 6.45) is 1.94.